The predicted molar refractivity (Wildman–Crippen MR) is 145 cm³/mol. The van der Waals surface area contributed by atoms with E-state index < -0.39 is 23.4 Å². The van der Waals surface area contributed by atoms with E-state index in [1.54, 1.807) is 35.8 Å². The Hall–Kier alpha value is -4.50. The summed E-state index contributed by atoms with van der Waals surface area (Å²) >= 11 is 0. The van der Waals surface area contributed by atoms with Gasteiger partial charge in [0.15, 0.2) is 11.2 Å². The molecule has 2 aromatic heterocycles. The highest BCUT2D eigenvalue weighted by molar-refractivity contribution is 5.76. The molecule has 0 bridgehead atoms. The molecule has 208 valence electrons. The van der Waals surface area contributed by atoms with Gasteiger partial charge in [0, 0.05) is 19.1 Å². The largest absolute Gasteiger partial charge is 0.573 e. The van der Waals surface area contributed by atoms with Gasteiger partial charge in [-0.3, -0.25) is 13.9 Å². The van der Waals surface area contributed by atoms with Crippen molar-refractivity contribution in [2.45, 2.75) is 45.3 Å². The van der Waals surface area contributed by atoms with E-state index in [4.69, 9.17) is 10.7 Å². The molecule has 1 fully saturated rings. The first-order valence-corrected chi connectivity index (χ1v) is 12.7. The van der Waals surface area contributed by atoms with Gasteiger partial charge in [0.25, 0.3) is 5.56 Å². The van der Waals surface area contributed by atoms with Gasteiger partial charge in [-0.25, -0.2) is 9.36 Å². The second-order valence-electron chi connectivity index (χ2n) is 9.48. The summed E-state index contributed by atoms with van der Waals surface area (Å²) in [6, 6.07) is 13.8. The lowest BCUT2D eigenvalue weighted by Gasteiger charge is -2.31. The molecule has 1 saturated heterocycles. The maximum atomic E-state index is 14.0. The Morgan fingerprint density at radius 2 is 1.80 bits per heavy atom. The van der Waals surface area contributed by atoms with Crippen LogP contribution in [-0.4, -0.2) is 44.2 Å². The van der Waals surface area contributed by atoms with Gasteiger partial charge < -0.3 is 15.4 Å². The summed E-state index contributed by atoms with van der Waals surface area (Å²) < 4.78 is 45.9. The molecule has 3 heterocycles. The van der Waals surface area contributed by atoms with E-state index in [1.165, 1.54) is 16.7 Å². The van der Waals surface area contributed by atoms with Crippen molar-refractivity contribution in [3.63, 3.8) is 0 Å². The van der Waals surface area contributed by atoms with Crippen LogP contribution in [0.25, 0.3) is 16.9 Å². The average Bonchev–Trinajstić information content (AvgIpc) is 3.30. The van der Waals surface area contributed by atoms with Gasteiger partial charge in [-0.05, 0) is 49.6 Å². The monoisotopic (exact) mass is 552 g/mol. The summed E-state index contributed by atoms with van der Waals surface area (Å²) in [6.45, 7) is 2.91. The minimum atomic E-state index is -4.83. The number of hydrogen-bond donors (Lipinski definition) is 1. The molecule has 2 aromatic carbocycles. The Kier molecular flexibility index (Phi) is 7.40. The molecular formula is C28H27F3N6O3. The number of piperidine rings is 1. The Morgan fingerprint density at radius 1 is 1.07 bits per heavy atom. The molecule has 0 radical (unpaired) electrons. The van der Waals surface area contributed by atoms with E-state index in [-0.39, 0.29) is 30.3 Å². The quantitative estimate of drug-likeness (QED) is 0.369. The summed E-state index contributed by atoms with van der Waals surface area (Å²) in [6.07, 6.45) is -3.10. The third kappa shape index (κ3) is 5.46. The number of benzene rings is 2. The van der Waals surface area contributed by atoms with Crippen LogP contribution in [0.1, 0.15) is 25.3 Å². The first-order chi connectivity index (χ1) is 19.2. The fourth-order valence-electron chi connectivity index (χ4n) is 4.89. The molecule has 0 amide bonds. The van der Waals surface area contributed by atoms with Crippen LogP contribution >= 0.6 is 0 Å². The van der Waals surface area contributed by atoms with Crippen molar-refractivity contribution < 1.29 is 17.9 Å². The lowest BCUT2D eigenvalue weighted by atomic mass is 10.1. The summed E-state index contributed by atoms with van der Waals surface area (Å²) in [5, 5.41) is 0. The van der Waals surface area contributed by atoms with Crippen molar-refractivity contribution in [3.8, 4) is 23.3 Å². The van der Waals surface area contributed by atoms with Crippen molar-refractivity contribution >= 4 is 17.1 Å². The van der Waals surface area contributed by atoms with E-state index in [9.17, 15) is 22.8 Å². The number of para-hydroxylation sites is 1. The van der Waals surface area contributed by atoms with Gasteiger partial charge in [0.05, 0.1) is 18.8 Å². The maximum absolute atomic E-state index is 14.0. The van der Waals surface area contributed by atoms with Crippen LogP contribution in [0.5, 0.6) is 5.75 Å². The van der Waals surface area contributed by atoms with Crippen LogP contribution < -0.4 is 26.6 Å². The fraction of sp³-hybridized carbons (Fsp3) is 0.321. The van der Waals surface area contributed by atoms with Crippen molar-refractivity contribution in [3.05, 3.63) is 81.0 Å². The lowest BCUT2D eigenvalue weighted by Crippen LogP contribution is -2.44. The van der Waals surface area contributed by atoms with E-state index in [1.807, 2.05) is 11.0 Å². The van der Waals surface area contributed by atoms with Gasteiger partial charge >= 0.3 is 12.1 Å². The Morgan fingerprint density at radius 3 is 2.45 bits per heavy atom. The molecule has 1 unspecified atom stereocenters. The summed E-state index contributed by atoms with van der Waals surface area (Å²) in [4.78, 5) is 34.6. The molecule has 2 N–H and O–H groups in total. The molecule has 1 atom stereocenters. The Bertz CT molecular complexity index is 1700. The predicted octanol–water partition coefficient (Wildman–Crippen LogP) is 3.25. The summed E-state index contributed by atoms with van der Waals surface area (Å²) in [5.74, 6) is 5.95. The number of anilines is 1. The molecule has 5 rings (SSSR count). The summed E-state index contributed by atoms with van der Waals surface area (Å²) in [5.41, 5.74) is 6.35. The van der Waals surface area contributed by atoms with E-state index >= 15 is 0 Å². The summed E-state index contributed by atoms with van der Waals surface area (Å²) in [7, 11) is 0. The number of fused-ring (bicyclic) bond motifs is 1. The Balaban J connectivity index is 1.71. The van der Waals surface area contributed by atoms with Crippen molar-refractivity contribution in [1.29, 1.82) is 0 Å². The number of halogens is 3. The van der Waals surface area contributed by atoms with Crippen LogP contribution in [0, 0.1) is 11.8 Å². The highest BCUT2D eigenvalue weighted by atomic mass is 19.4. The number of aromatic nitrogens is 4. The molecule has 0 spiro atoms. The van der Waals surface area contributed by atoms with Crippen LogP contribution in [0.15, 0.2) is 64.2 Å². The zero-order valence-electron chi connectivity index (χ0n) is 21.7. The zero-order valence-corrected chi connectivity index (χ0v) is 21.7. The van der Waals surface area contributed by atoms with Crippen molar-refractivity contribution in [1.82, 2.24) is 18.7 Å². The number of nitrogens with zero attached hydrogens (tertiary/aromatic N) is 5. The third-order valence-electron chi connectivity index (χ3n) is 6.68. The number of ether oxygens (including phenoxy) is 1. The van der Waals surface area contributed by atoms with Gasteiger partial charge in [-0.15, -0.1) is 19.1 Å². The molecule has 1 aliphatic heterocycles. The lowest BCUT2D eigenvalue weighted by molar-refractivity contribution is -0.274. The van der Waals surface area contributed by atoms with Crippen LogP contribution in [-0.2, 0) is 13.1 Å². The number of nitrogens with two attached hydrogens (primary N) is 1. The smallest absolute Gasteiger partial charge is 0.406 e. The van der Waals surface area contributed by atoms with Gasteiger partial charge in [-0.1, -0.05) is 36.3 Å². The molecule has 4 aromatic rings. The van der Waals surface area contributed by atoms with E-state index in [0.717, 1.165) is 29.5 Å². The standard InChI is InChI=1S/C28H27F3N6O3/c1-2-3-16-35-23-24(33-26(35)34-15-7-8-20(32)18-34)37(21-9-5-4-6-10-21)27(39)36(25(23)38)17-19-11-13-22(14-12-19)40-28(29,30)31/h4-6,9-14,20H,7-8,15-18,32H2,1H3. The normalized spacial score (nSPS) is 15.6. The number of alkyl halides is 3. The first kappa shape index (κ1) is 27.1. The van der Waals surface area contributed by atoms with Gasteiger partial charge in [0.2, 0.25) is 5.95 Å². The minimum absolute atomic E-state index is 0.0588. The van der Waals surface area contributed by atoms with Crippen LogP contribution in [0.2, 0.25) is 0 Å². The molecular weight excluding hydrogens is 525 g/mol. The molecule has 9 nitrogen and oxygen atoms in total. The van der Waals surface area contributed by atoms with Crippen LogP contribution in [0.3, 0.4) is 0 Å². The first-order valence-electron chi connectivity index (χ1n) is 12.7. The molecule has 0 aliphatic carbocycles. The highest BCUT2D eigenvalue weighted by Gasteiger charge is 2.31. The number of rotatable bonds is 6. The fourth-order valence-corrected chi connectivity index (χ4v) is 4.89. The average molecular weight is 553 g/mol. The van der Waals surface area contributed by atoms with Crippen molar-refractivity contribution in [2.75, 3.05) is 18.0 Å². The maximum Gasteiger partial charge on any atom is 0.573 e. The minimum Gasteiger partial charge on any atom is -0.406 e. The van der Waals surface area contributed by atoms with Gasteiger partial charge in [0.1, 0.15) is 5.75 Å². The number of imidazole rings is 1. The molecule has 12 heteroatoms. The van der Waals surface area contributed by atoms with Crippen molar-refractivity contribution in [2.24, 2.45) is 5.73 Å². The molecule has 0 saturated carbocycles. The van der Waals surface area contributed by atoms with Gasteiger partial charge in [-0.2, -0.15) is 4.98 Å². The second-order valence-corrected chi connectivity index (χ2v) is 9.48. The number of hydrogen-bond acceptors (Lipinski definition) is 6. The van der Waals surface area contributed by atoms with Crippen LogP contribution in [0.4, 0.5) is 19.1 Å². The third-order valence-corrected chi connectivity index (χ3v) is 6.68. The van der Waals surface area contributed by atoms with E-state index in [0.29, 0.717) is 30.3 Å². The zero-order chi connectivity index (χ0) is 28.4. The second kappa shape index (κ2) is 10.9. The highest BCUT2D eigenvalue weighted by Crippen LogP contribution is 2.25. The topological polar surface area (TPSA) is 100 Å². The Labute approximate surface area is 227 Å². The van der Waals surface area contributed by atoms with E-state index in [2.05, 4.69) is 16.6 Å². The SMILES string of the molecule is CC#CCn1c(N2CCCC(N)C2)nc2c1c(=O)n(Cc1ccc(OC(F)(F)F)cc1)c(=O)n2-c1ccccc1. The molecule has 1 aliphatic rings. The molecule has 40 heavy (non-hydrogen) atoms.